The lowest BCUT2D eigenvalue weighted by Gasteiger charge is -2.10. The number of benzene rings is 1. The first kappa shape index (κ1) is 17.2. The van der Waals surface area contributed by atoms with Crippen molar-refractivity contribution < 1.29 is 14.0 Å². The molecule has 0 atom stereocenters. The van der Waals surface area contributed by atoms with Gasteiger partial charge < -0.3 is 15.1 Å². The Morgan fingerprint density at radius 1 is 1.22 bits per heavy atom. The Hall–Kier alpha value is -2.19. The fourth-order valence-corrected chi connectivity index (χ4v) is 2.28. The molecule has 8 heteroatoms. The molecule has 0 radical (unpaired) electrons. The van der Waals surface area contributed by atoms with Crippen molar-refractivity contribution in [2.24, 2.45) is 0 Å². The lowest BCUT2D eigenvalue weighted by atomic mass is 10.2. The van der Waals surface area contributed by atoms with Crippen molar-refractivity contribution >= 4 is 50.8 Å². The van der Waals surface area contributed by atoms with Gasteiger partial charge in [-0.05, 0) is 65.4 Å². The minimum Gasteiger partial charge on any atom is -0.444 e. The van der Waals surface area contributed by atoms with Gasteiger partial charge >= 0.3 is 0 Å². The van der Waals surface area contributed by atoms with Crippen molar-refractivity contribution in [2.75, 3.05) is 11.9 Å². The third-order valence-electron chi connectivity index (χ3n) is 2.74. The summed E-state index contributed by atoms with van der Waals surface area (Å²) in [4.78, 5) is 23.7. The normalized spacial score (nSPS) is 10.0. The molecule has 2 aromatic rings. The number of carbonyl (C=O) groups excluding carboxylic acids is 2. The van der Waals surface area contributed by atoms with E-state index in [1.807, 2.05) is 6.92 Å². The standard InChI is InChI=1S/C15H14BrN3O3S/c1-2-17-13(20)9-4-3-5-10(8-9)18-15(23)19-14(21)11-6-7-12(16)22-11/h3-8H,2H2,1H3,(H,17,20)(H2,18,19,21,23). The zero-order valence-corrected chi connectivity index (χ0v) is 14.6. The van der Waals surface area contributed by atoms with E-state index in [0.29, 0.717) is 22.5 Å². The molecule has 6 nitrogen and oxygen atoms in total. The van der Waals surface area contributed by atoms with Gasteiger partial charge in [-0.15, -0.1) is 0 Å². The number of anilines is 1. The smallest absolute Gasteiger partial charge is 0.293 e. The van der Waals surface area contributed by atoms with Crippen LogP contribution in [0, 0.1) is 0 Å². The number of nitrogens with one attached hydrogen (secondary N) is 3. The van der Waals surface area contributed by atoms with Gasteiger partial charge in [0, 0.05) is 17.8 Å². The summed E-state index contributed by atoms with van der Waals surface area (Å²) in [5.41, 5.74) is 1.10. The second kappa shape index (κ2) is 7.89. The predicted molar refractivity (Wildman–Crippen MR) is 94.5 cm³/mol. The molecule has 0 unspecified atom stereocenters. The zero-order chi connectivity index (χ0) is 16.8. The highest BCUT2D eigenvalue weighted by atomic mass is 79.9. The molecule has 0 bridgehead atoms. The molecule has 0 aliphatic rings. The third kappa shape index (κ3) is 4.90. The molecule has 2 amide bonds. The Kier molecular flexibility index (Phi) is 5.89. The van der Waals surface area contributed by atoms with Crippen LogP contribution in [0.2, 0.25) is 0 Å². The van der Waals surface area contributed by atoms with E-state index in [1.54, 1.807) is 30.3 Å². The Morgan fingerprint density at radius 3 is 2.65 bits per heavy atom. The maximum absolute atomic E-state index is 11.9. The quantitative estimate of drug-likeness (QED) is 0.693. The van der Waals surface area contributed by atoms with Crippen LogP contribution in [0.1, 0.15) is 27.8 Å². The van der Waals surface area contributed by atoms with E-state index < -0.39 is 5.91 Å². The molecule has 0 saturated carbocycles. The monoisotopic (exact) mass is 395 g/mol. The Labute approximate surface area is 146 Å². The van der Waals surface area contributed by atoms with Gasteiger partial charge in [-0.1, -0.05) is 6.07 Å². The lowest BCUT2D eigenvalue weighted by molar-refractivity contribution is 0.0944. The number of furan rings is 1. The van der Waals surface area contributed by atoms with Crippen LogP contribution in [-0.2, 0) is 0 Å². The number of hydrogen-bond acceptors (Lipinski definition) is 4. The molecule has 0 spiro atoms. The van der Waals surface area contributed by atoms with Crippen LogP contribution in [0.25, 0.3) is 0 Å². The fraction of sp³-hybridized carbons (Fsp3) is 0.133. The van der Waals surface area contributed by atoms with Crippen LogP contribution in [0.4, 0.5) is 5.69 Å². The van der Waals surface area contributed by atoms with Crippen LogP contribution in [-0.4, -0.2) is 23.5 Å². The van der Waals surface area contributed by atoms with Gasteiger partial charge in [0.25, 0.3) is 11.8 Å². The van der Waals surface area contributed by atoms with E-state index in [-0.39, 0.29) is 16.8 Å². The lowest BCUT2D eigenvalue weighted by Crippen LogP contribution is -2.34. The molecule has 0 aliphatic carbocycles. The van der Waals surface area contributed by atoms with Crippen molar-refractivity contribution in [1.82, 2.24) is 10.6 Å². The van der Waals surface area contributed by atoms with Crippen LogP contribution < -0.4 is 16.0 Å². The number of rotatable bonds is 4. The largest absolute Gasteiger partial charge is 0.444 e. The van der Waals surface area contributed by atoms with Crippen molar-refractivity contribution in [1.29, 1.82) is 0 Å². The van der Waals surface area contributed by atoms with E-state index in [0.717, 1.165) is 0 Å². The summed E-state index contributed by atoms with van der Waals surface area (Å²) < 4.78 is 5.59. The average molecular weight is 396 g/mol. The first-order chi connectivity index (χ1) is 11.0. The number of carbonyl (C=O) groups is 2. The summed E-state index contributed by atoms with van der Waals surface area (Å²) in [5.74, 6) is -0.503. The van der Waals surface area contributed by atoms with Crippen LogP contribution in [0.5, 0.6) is 0 Å². The van der Waals surface area contributed by atoms with Crippen molar-refractivity contribution in [3.63, 3.8) is 0 Å². The number of halogens is 1. The molecule has 120 valence electrons. The van der Waals surface area contributed by atoms with Crippen LogP contribution in [0.15, 0.2) is 45.5 Å². The Bertz CT molecular complexity index is 745. The molecule has 2 rings (SSSR count). The van der Waals surface area contributed by atoms with Crippen LogP contribution >= 0.6 is 28.1 Å². The molecule has 0 fully saturated rings. The topological polar surface area (TPSA) is 83.4 Å². The summed E-state index contributed by atoms with van der Waals surface area (Å²) in [5, 5.41) is 8.17. The van der Waals surface area contributed by atoms with Gasteiger partial charge in [0.05, 0.1) is 0 Å². The summed E-state index contributed by atoms with van der Waals surface area (Å²) in [6.07, 6.45) is 0. The molecule has 0 saturated heterocycles. The van der Waals surface area contributed by atoms with E-state index in [1.165, 1.54) is 6.07 Å². The molecule has 1 aromatic carbocycles. The minimum atomic E-state index is -0.465. The average Bonchev–Trinajstić information content (AvgIpc) is 2.94. The first-order valence-electron chi connectivity index (χ1n) is 6.75. The highest BCUT2D eigenvalue weighted by Gasteiger charge is 2.12. The van der Waals surface area contributed by atoms with E-state index >= 15 is 0 Å². The fourth-order valence-electron chi connectivity index (χ4n) is 1.76. The maximum atomic E-state index is 11.9. The molecule has 23 heavy (non-hydrogen) atoms. The number of hydrogen-bond donors (Lipinski definition) is 3. The van der Waals surface area contributed by atoms with E-state index in [2.05, 4.69) is 31.9 Å². The number of thiocarbonyl (C=S) groups is 1. The third-order valence-corrected chi connectivity index (χ3v) is 3.37. The molecule has 3 N–H and O–H groups in total. The maximum Gasteiger partial charge on any atom is 0.293 e. The van der Waals surface area contributed by atoms with E-state index in [4.69, 9.17) is 16.6 Å². The molecular formula is C15H14BrN3O3S. The summed E-state index contributed by atoms with van der Waals surface area (Å²) in [7, 11) is 0. The van der Waals surface area contributed by atoms with Crippen molar-refractivity contribution in [2.45, 2.75) is 6.92 Å². The highest BCUT2D eigenvalue weighted by Crippen LogP contribution is 2.14. The number of amides is 2. The minimum absolute atomic E-state index is 0.107. The molecular weight excluding hydrogens is 382 g/mol. The van der Waals surface area contributed by atoms with Gasteiger partial charge in [-0.25, -0.2) is 0 Å². The second-order valence-electron chi connectivity index (χ2n) is 4.45. The van der Waals surface area contributed by atoms with Gasteiger partial charge in [0.2, 0.25) is 0 Å². The molecule has 1 aromatic heterocycles. The summed E-state index contributed by atoms with van der Waals surface area (Å²) >= 11 is 8.20. The van der Waals surface area contributed by atoms with Gasteiger partial charge in [-0.2, -0.15) is 0 Å². The van der Waals surface area contributed by atoms with Gasteiger partial charge in [0.15, 0.2) is 15.5 Å². The first-order valence-corrected chi connectivity index (χ1v) is 7.95. The highest BCUT2D eigenvalue weighted by molar-refractivity contribution is 9.10. The van der Waals surface area contributed by atoms with Crippen molar-refractivity contribution in [3.05, 3.63) is 52.4 Å². The Balaban J connectivity index is 1.98. The Morgan fingerprint density at radius 2 is 2.00 bits per heavy atom. The van der Waals surface area contributed by atoms with Gasteiger partial charge in [-0.3, -0.25) is 14.9 Å². The molecule has 1 heterocycles. The second-order valence-corrected chi connectivity index (χ2v) is 5.64. The zero-order valence-electron chi connectivity index (χ0n) is 12.2. The summed E-state index contributed by atoms with van der Waals surface area (Å²) in [6, 6.07) is 9.94. The van der Waals surface area contributed by atoms with E-state index in [9.17, 15) is 9.59 Å². The SMILES string of the molecule is CCNC(=O)c1cccc(NC(=S)NC(=O)c2ccc(Br)o2)c1. The summed E-state index contributed by atoms with van der Waals surface area (Å²) in [6.45, 7) is 2.39. The van der Waals surface area contributed by atoms with Crippen LogP contribution in [0.3, 0.4) is 0 Å². The predicted octanol–water partition coefficient (Wildman–Crippen LogP) is 2.92. The molecule has 0 aliphatic heterocycles. The van der Waals surface area contributed by atoms with Crippen molar-refractivity contribution in [3.8, 4) is 0 Å². The van der Waals surface area contributed by atoms with Gasteiger partial charge in [0.1, 0.15) is 0 Å².